The van der Waals surface area contributed by atoms with Crippen molar-refractivity contribution in [3.63, 3.8) is 0 Å². The van der Waals surface area contributed by atoms with E-state index in [1.54, 1.807) is 4.90 Å². The first-order chi connectivity index (χ1) is 12.0. The second-order valence-electron chi connectivity index (χ2n) is 5.32. The molecule has 0 aliphatic heterocycles. The van der Waals surface area contributed by atoms with Crippen molar-refractivity contribution in [2.45, 2.75) is 22.9 Å². The fraction of sp³-hybridized carbons (Fsp3) is 0.133. The number of hydrogen-bond acceptors (Lipinski definition) is 8. The Morgan fingerprint density at radius 3 is 1.24 bits per heavy atom. The van der Waals surface area contributed by atoms with Crippen molar-refractivity contribution < 1.29 is 115 Å². The third-order valence-electron chi connectivity index (χ3n) is 3.43. The van der Waals surface area contributed by atoms with Gasteiger partial charge in [-0.05, 0) is 35.4 Å². The van der Waals surface area contributed by atoms with Gasteiger partial charge in [0.1, 0.15) is 20.2 Å². The van der Waals surface area contributed by atoms with Crippen LogP contribution in [0.3, 0.4) is 0 Å². The Kier molecular flexibility index (Phi) is 15.5. The summed E-state index contributed by atoms with van der Waals surface area (Å²) in [6.07, 6.45) is 0. The van der Waals surface area contributed by atoms with E-state index in [-0.39, 0.29) is 116 Å². The van der Waals surface area contributed by atoms with E-state index in [4.69, 9.17) is 24.8 Å². The van der Waals surface area contributed by atoms with E-state index >= 15 is 0 Å². The van der Waals surface area contributed by atoms with Gasteiger partial charge < -0.3 is 38.9 Å². The molecule has 140 valence electrons. The molecule has 0 radical (unpaired) electrons. The Morgan fingerprint density at radius 1 is 0.759 bits per heavy atom. The number of benzene rings is 2. The summed E-state index contributed by atoms with van der Waals surface area (Å²) in [7, 11) is -9.03. The second kappa shape index (κ2) is 13.8. The van der Waals surface area contributed by atoms with Crippen LogP contribution in [0.25, 0.3) is 0 Å². The molecule has 0 saturated heterocycles. The minimum Gasteiger partial charge on any atom is -0.744 e. The molecular formula is C15H12NNa3O6S4. The zero-order valence-electron chi connectivity index (χ0n) is 16.1. The van der Waals surface area contributed by atoms with E-state index in [1.807, 2.05) is 0 Å². The van der Waals surface area contributed by atoms with Crippen LogP contribution < -0.4 is 88.7 Å². The molecule has 0 aliphatic carbocycles. The second-order valence-corrected chi connectivity index (χ2v) is 9.11. The standard InChI is InChI=1S/C15H15NO6S4.3Na/c17-25(18,19)13-5-1-11(2-6-13)9-16(15(23)24)10-12-3-7-14(8-4-12)26(20,21)22;;;/h1-8H,9-10H2,(H,23,24)(H,17,18,19)(H,20,21,22);;;/q;3*+1/p-3. The van der Waals surface area contributed by atoms with E-state index in [2.05, 4.69) is 0 Å². The predicted molar refractivity (Wildman–Crippen MR) is 98.0 cm³/mol. The molecule has 0 amide bonds. The number of nitrogens with zero attached hydrogens (tertiary/aromatic N) is 1. The Morgan fingerprint density at radius 2 is 1.03 bits per heavy atom. The molecule has 2 aromatic carbocycles. The molecule has 2 rings (SSSR count). The van der Waals surface area contributed by atoms with Crippen LogP contribution in [0.15, 0.2) is 58.3 Å². The average molecular weight is 500 g/mol. The molecule has 0 heterocycles. The van der Waals surface area contributed by atoms with Crippen LogP contribution in [-0.2, 0) is 46.0 Å². The molecule has 0 aliphatic rings. The Balaban J connectivity index is 0. The van der Waals surface area contributed by atoms with E-state index in [0.717, 1.165) is 0 Å². The monoisotopic (exact) mass is 499 g/mol. The number of thiocarbonyl (C=S) groups is 1. The van der Waals surface area contributed by atoms with Gasteiger partial charge in [0.05, 0.1) is 9.79 Å². The zero-order chi connectivity index (χ0) is 19.5. The number of rotatable bonds is 6. The van der Waals surface area contributed by atoms with Crippen molar-refractivity contribution in [2.24, 2.45) is 0 Å². The first-order valence-electron chi connectivity index (χ1n) is 7.02. The molecule has 0 bridgehead atoms. The van der Waals surface area contributed by atoms with E-state index in [0.29, 0.717) is 11.1 Å². The number of hydrogen-bond donors (Lipinski definition) is 0. The van der Waals surface area contributed by atoms with Gasteiger partial charge in [-0.1, -0.05) is 28.6 Å². The molecule has 0 spiro atoms. The molecule has 2 aromatic rings. The molecular weight excluding hydrogens is 487 g/mol. The summed E-state index contributed by atoms with van der Waals surface area (Å²) in [4.78, 5) is 0.970. The molecule has 29 heavy (non-hydrogen) atoms. The minimum atomic E-state index is -4.51. The van der Waals surface area contributed by atoms with Crippen molar-refractivity contribution in [2.75, 3.05) is 0 Å². The molecule has 0 fully saturated rings. The fourth-order valence-corrected chi connectivity index (χ4v) is 3.35. The summed E-state index contributed by atoms with van der Waals surface area (Å²) in [5.74, 6) is 0. The molecule has 0 saturated carbocycles. The van der Waals surface area contributed by atoms with E-state index in [9.17, 15) is 25.9 Å². The molecule has 0 atom stereocenters. The van der Waals surface area contributed by atoms with Crippen LogP contribution in [0.1, 0.15) is 11.1 Å². The topological polar surface area (TPSA) is 118 Å². The summed E-state index contributed by atoms with van der Waals surface area (Å²) in [5.41, 5.74) is 1.37. The average Bonchev–Trinajstić information content (AvgIpc) is 2.53. The maximum atomic E-state index is 10.9. The SMILES string of the molecule is O=S(=O)([O-])c1ccc(CN(Cc2ccc(S(=O)(=O)[O-])cc2)C(=S)[S-])cc1.[Na+].[Na+].[Na+]. The summed E-state index contributed by atoms with van der Waals surface area (Å²) < 4.78 is 65.8. The third kappa shape index (κ3) is 10.7. The van der Waals surface area contributed by atoms with Crippen molar-refractivity contribution in [1.82, 2.24) is 4.90 Å². The Bertz CT molecular complexity index is 936. The minimum absolute atomic E-state index is 0. The van der Waals surface area contributed by atoms with Crippen LogP contribution in [0, 0.1) is 0 Å². The van der Waals surface area contributed by atoms with Gasteiger partial charge in [0.15, 0.2) is 0 Å². The summed E-state index contributed by atoms with van der Waals surface area (Å²) >= 11 is 10.1. The summed E-state index contributed by atoms with van der Waals surface area (Å²) in [6.45, 7) is 0.534. The van der Waals surface area contributed by atoms with Crippen LogP contribution >= 0.6 is 12.2 Å². The summed E-state index contributed by atoms with van der Waals surface area (Å²) in [6, 6.07) is 10.8. The fourth-order valence-electron chi connectivity index (χ4n) is 2.15. The maximum Gasteiger partial charge on any atom is 1.00 e. The van der Waals surface area contributed by atoms with E-state index < -0.39 is 20.2 Å². The first kappa shape index (κ1) is 32.5. The van der Waals surface area contributed by atoms with Gasteiger partial charge in [-0.25, -0.2) is 16.8 Å². The van der Waals surface area contributed by atoms with Gasteiger partial charge in [0.25, 0.3) is 0 Å². The molecule has 0 N–H and O–H groups in total. The van der Waals surface area contributed by atoms with Crippen molar-refractivity contribution in [3.8, 4) is 0 Å². The smallest absolute Gasteiger partial charge is 0.744 e. The molecule has 0 aromatic heterocycles. The van der Waals surface area contributed by atoms with Gasteiger partial charge in [-0.3, -0.25) is 0 Å². The van der Waals surface area contributed by atoms with Crippen LogP contribution in [0.5, 0.6) is 0 Å². The van der Waals surface area contributed by atoms with Gasteiger partial charge >= 0.3 is 88.7 Å². The molecule has 7 nitrogen and oxygen atoms in total. The van der Waals surface area contributed by atoms with Crippen LogP contribution in [-0.4, -0.2) is 35.2 Å². The van der Waals surface area contributed by atoms with Gasteiger partial charge in [-0.15, -0.1) is 0 Å². The predicted octanol–water partition coefficient (Wildman–Crippen LogP) is -7.66. The van der Waals surface area contributed by atoms with Crippen molar-refractivity contribution in [1.29, 1.82) is 0 Å². The van der Waals surface area contributed by atoms with Gasteiger partial charge in [0, 0.05) is 13.1 Å². The Hall–Kier alpha value is 1.37. The van der Waals surface area contributed by atoms with Crippen molar-refractivity contribution in [3.05, 3.63) is 59.7 Å². The first-order valence-corrected chi connectivity index (χ1v) is 10.7. The van der Waals surface area contributed by atoms with Crippen LogP contribution in [0.2, 0.25) is 0 Å². The largest absolute Gasteiger partial charge is 1.00 e. The molecule has 14 heteroatoms. The van der Waals surface area contributed by atoms with Gasteiger partial charge in [0.2, 0.25) is 0 Å². The molecule has 0 unspecified atom stereocenters. The van der Waals surface area contributed by atoms with E-state index in [1.165, 1.54) is 48.5 Å². The summed E-state index contributed by atoms with van der Waals surface area (Å²) in [5, 5.41) is 0. The quantitative estimate of drug-likeness (QED) is 0.165. The van der Waals surface area contributed by atoms with Crippen LogP contribution in [0.4, 0.5) is 0 Å². The zero-order valence-corrected chi connectivity index (χ0v) is 25.3. The maximum absolute atomic E-state index is 10.9. The third-order valence-corrected chi connectivity index (χ3v) is 5.64. The normalized spacial score (nSPS) is 10.7. The van der Waals surface area contributed by atoms with Gasteiger partial charge in [-0.2, -0.15) is 0 Å². The van der Waals surface area contributed by atoms with Crippen molar-refractivity contribution >= 4 is 49.4 Å². The Labute approximate surface area is 247 Å².